The summed E-state index contributed by atoms with van der Waals surface area (Å²) in [5.74, 6) is 0.646. The molecular weight excluding hydrogens is 627 g/mol. The number of methoxy groups -OCH3 is 4. The zero-order valence-electron chi connectivity index (χ0n) is 28.9. The average Bonchev–Trinajstić information content (AvgIpc) is 3.09. The van der Waals surface area contributed by atoms with Gasteiger partial charge < -0.3 is 23.5 Å². The van der Waals surface area contributed by atoms with Crippen LogP contribution in [0.5, 0.6) is 23.0 Å². The van der Waals surface area contributed by atoms with Crippen LogP contribution < -0.4 is 18.9 Å². The van der Waals surface area contributed by atoms with E-state index in [1.54, 1.807) is 36.4 Å². The van der Waals surface area contributed by atoms with Gasteiger partial charge in [0.05, 0.1) is 28.4 Å². The van der Waals surface area contributed by atoms with E-state index in [2.05, 4.69) is 20.8 Å². The molecule has 0 saturated heterocycles. The molecule has 0 aliphatic rings. The van der Waals surface area contributed by atoms with Crippen molar-refractivity contribution in [1.29, 1.82) is 0 Å². The van der Waals surface area contributed by atoms with Crippen LogP contribution in [-0.4, -0.2) is 51.4 Å². The first-order valence-electron chi connectivity index (χ1n) is 15.6. The highest BCUT2D eigenvalue weighted by Crippen LogP contribution is 2.58. The zero-order valence-corrected chi connectivity index (χ0v) is 29.8. The van der Waals surface area contributed by atoms with Crippen molar-refractivity contribution in [2.24, 2.45) is 11.3 Å². The fourth-order valence-corrected chi connectivity index (χ4v) is 8.32. The van der Waals surface area contributed by atoms with Crippen molar-refractivity contribution in [3.05, 3.63) is 119 Å². The van der Waals surface area contributed by atoms with Gasteiger partial charge >= 0.3 is 0 Å². The van der Waals surface area contributed by atoms with Gasteiger partial charge in [0, 0.05) is 17.3 Å². The molecule has 1 atom stereocenters. The number of benzene rings is 4. The second-order valence-corrected chi connectivity index (χ2v) is 15.2. The van der Waals surface area contributed by atoms with Crippen LogP contribution in [0, 0.1) is 11.3 Å². The van der Waals surface area contributed by atoms with E-state index in [1.807, 2.05) is 67.6 Å². The third kappa shape index (κ3) is 9.23. The molecule has 0 bridgehead atoms. The lowest BCUT2D eigenvalue weighted by Crippen LogP contribution is -2.21. The molecule has 0 saturated carbocycles. The lowest BCUT2D eigenvalue weighted by molar-refractivity contribution is 0.102. The van der Waals surface area contributed by atoms with Crippen molar-refractivity contribution >= 4 is 24.0 Å². The van der Waals surface area contributed by atoms with Gasteiger partial charge in [-0.2, -0.15) is 0 Å². The van der Waals surface area contributed by atoms with Crippen LogP contribution in [0.1, 0.15) is 70.8 Å². The molecule has 0 radical (unpaired) electrons. The monoisotopic (exact) mass is 672 g/mol. The lowest BCUT2D eigenvalue weighted by Gasteiger charge is -2.27. The largest absolute Gasteiger partial charge is 0.496 e. The second-order valence-electron chi connectivity index (χ2n) is 12.5. The molecule has 4 aromatic rings. The fraction of sp³-hybridized carbons (Fsp3) is 0.308. The highest BCUT2D eigenvalue weighted by atomic mass is 31.2. The van der Waals surface area contributed by atoms with E-state index >= 15 is 0 Å². The summed E-state index contributed by atoms with van der Waals surface area (Å²) in [6.07, 6.45) is 0.564. The topological polar surface area (TPSA) is 105 Å². The molecule has 0 fully saturated rings. The highest BCUT2D eigenvalue weighted by Gasteiger charge is 2.46. The molecule has 9 heteroatoms. The van der Waals surface area contributed by atoms with Crippen LogP contribution in [0.25, 0.3) is 0 Å². The minimum Gasteiger partial charge on any atom is -0.496 e. The number of rotatable bonds is 13. The Hall–Kier alpha value is -4.68. The molecule has 48 heavy (non-hydrogen) atoms. The van der Waals surface area contributed by atoms with Crippen molar-refractivity contribution in [3.63, 3.8) is 0 Å². The van der Waals surface area contributed by atoms with Crippen LogP contribution >= 0.6 is 7.14 Å². The quantitative estimate of drug-likeness (QED) is 0.102. The first kappa shape index (κ1) is 37.8. The van der Waals surface area contributed by atoms with E-state index in [9.17, 15) is 18.9 Å². The predicted octanol–water partition coefficient (Wildman–Crippen LogP) is 9.05. The van der Waals surface area contributed by atoms with Gasteiger partial charge in [0.25, 0.3) is 0 Å². The Kier molecular flexibility index (Phi) is 13.3. The SMILES string of the molecule is COc1cccc(OC)c1C(=O)P(=O)(CC(C)CC(C)(C)C)C(=O)c1c(OC)cccc1OC.O=C(c1ccccc1)c1ccccc1. The lowest BCUT2D eigenvalue weighted by atomic mass is 9.86. The van der Waals surface area contributed by atoms with E-state index < -0.39 is 18.2 Å². The summed E-state index contributed by atoms with van der Waals surface area (Å²) in [5.41, 5.74) is -0.249. The molecule has 0 N–H and O–H groups in total. The Morgan fingerprint density at radius 2 is 0.917 bits per heavy atom. The standard InChI is InChI=1S/C26H35O7P.C13H10O/c1-17(15-26(2,3)4)16-34(29,24(27)22-18(30-5)11-9-12-19(22)31-6)25(28)23-20(32-7)13-10-14-21(23)33-8;14-13(11-7-3-1-4-8-11)12-9-5-2-6-10-12/h9-14,17H,15-16H2,1-8H3;1-10H. The summed E-state index contributed by atoms with van der Waals surface area (Å²) in [4.78, 5) is 39.9. The van der Waals surface area contributed by atoms with E-state index in [0.29, 0.717) is 6.42 Å². The van der Waals surface area contributed by atoms with Crippen LogP contribution in [0.4, 0.5) is 0 Å². The molecule has 254 valence electrons. The van der Waals surface area contributed by atoms with Gasteiger partial charge in [0.15, 0.2) is 5.78 Å². The summed E-state index contributed by atoms with van der Waals surface area (Å²) < 4.78 is 36.2. The number of carbonyl (C=O) groups excluding carboxylic acids is 3. The molecule has 0 spiro atoms. The third-order valence-corrected chi connectivity index (χ3v) is 10.4. The van der Waals surface area contributed by atoms with Gasteiger partial charge in [-0.1, -0.05) is 100 Å². The number of hydrogen-bond acceptors (Lipinski definition) is 8. The number of carbonyl (C=O) groups is 3. The molecule has 8 nitrogen and oxygen atoms in total. The minimum absolute atomic E-state index is 0.0130. The normalized spacial score (nSPS) is 11.8. The summed E-state index contributed by atoms with van der Waals surface area (Å²) in [5, 5.41) is 0. The van der Waals surface area contributed by atoms with Crippen LogP contribution in [0.15, 0.2) is 97.1 Å². The molecule has 4 aromatic carbocycles. The minimum atomic E-state index is -4.25. The highest BCUT2D eigenvalue weighted by molar-refractivity contribution is 7.95. The van der Waals surface area contributed by atoms with Gasteiger partial charge in [0.2, 0.25) is 18.2 Å². The Morgan fingerprint density at radius 1 is 0.583 bits per heavy atom. The van der Waals surface area contributed by atoms with E-state index in [1.165, 1.54) is 28.4 Å². The molecular formula is C39H45O8P. The second kappa shape index (κ2) is 16.9. The maximum Gasteiger partial charge on any atom is 0.236 e. The maximum absolute atomic E-state index is 14.7. The Bertz CT molecular complexity index is 1590. The summed E-state index contributed by atoms with van der Waals surface area (Å²) in [6, 6.07) is 28.2. The summed E-state index contributed by atoms with van der Waals surface area (Å²) in [7, 11) is 1.38. The predicted molar refractivity (Wildman–Crippen MR) is 190 cm³/mol. The summed E-state index contributed by atoms with van der Waals surface area (Å²) in [6.45, 7) is 8.08. The van der Waals surface area contributed by atoms with Crippen molar-refractivity contribution in [2.45, 2.75) is 34.1 Å². The molecule has 0 aliphatic carbocycles. The Balaban J connectivity index is 0.000000368. The van der Waals surface area contributed by atoms with Crippen molar-refractivity contribution in [2.75, 3.05) is 34.6 Å². The number of ether oxygens (including phenoxy) is 4. The molecule has 0 aliphatic heterocycles. The maximum atomic E-state index is 14.7. The van der Waals surface area contributed by atoms with Crippen LogP contribution in [0.2, 0.25) is 0 Å². The fourth-order valence-electron chi connectivity index (χ4n) is 5.64. The van der Waals surface area contributed by atoms with E-state index in [-0.39, 0.29) is 57.4 Å². The zero-order chi connectivity index (χ0) is 35.5. The number of ketones is 1. The molecule has 0 amide bonds. The molecule has 4 rings (SSSR count). The van der Waals surface area contributed by atoms with Crippen LogP contribution in [0.3, 0.4) is 0 Å². The smallest absolute Gasteiger partial charge is 0.236 e. The van der Waals surface area contributed by atoms with Crippen molar-refractivity contribution < 1.29 is 37.9 Å². The molecule has 0 heterocycles. The molecule has 0 aromatic heterocycles. The van der Waals surface area contributed by atoms with Gasteiger partial charge in [0.1, 0.15) is 34.1 Å². The first-order valence-corrected chi connectivity index (χ1v) is 17.5. The average molecular weight is 673 g/mol. The van der Waals surface area contributed by atoms with Gasteiger partial charge in [-0.25, -0.2) is 0 Å². The molecule has 1 unspecified atom stereocenters. The van der Waals surface area contributed by atoms with E-state index in [0.717, 1.165) is 11.1 Å². The van der Waals surface area contributed by atoms with Gasteiger partial charge in [-0.05, 0) is 42.0 Å². The van der Waals surface area contributed by atoms with Gasteiger partial charge in [-0.15, -0.1) is 0 Å². The first-order chi connectivity index (χ1) is 22.8. The number of hydrogen-bond donors (Lipinski definition) is 0. The van der Waals surface area contributed by atoms with E-state index in [4.69, 9.17) is 18.9 Å². The van der Waals surface area contributed by atoms with Gasteiger partial charge in [-0.3, -0.25) is 14.4 Å². The van der Waals surface area contributed by atoms with Crippen molar-refractivity contribution in [3.8, 4) is 23.0 Å². The Labute approximate surface area is 283 Å². The summed E-state index contributed by atoms with van der Waals surface area (Å²) >= 11 is 0. The van der Waals surface area contributed by atoms with Crippen molar-refractivity contribution in [1.82, 2.24) is 0 Å². The third-order valence-electron chi connectivity index (χ3n) is 7.54. The Morgan fingerprint density at radius 3 is 1.21 bits per heavy atom. The van der Waals surface area contributed by atoms with Crippen LogP contribution in [-0.2, 0) is 4.57 Å².